The molecule has 0 unspecified atom stereocenters. The van der Waals surface area contributed by atoms with E-state index >= 15 is 0 Å². The van der Waals surface area contributed by atoms with Gasteiger partial charge in [-0.1, -0.05) is 0 Å². The molecule has 0 aliphatic heterocycles. The van der Waals surface area contributed by atoms with Crippen LogP contribution in [0.25, 0.3) is 0 Å². The normalized spacial score (nSPS) is 10.4. The summed E-state index contributed by atoms with van der Waals surface area (Å²) in [5, 5.41) is 15.4. The van der Waals surface area contributed by atoms with E-state index in [9.17, 15) is 4.79 Å². The van der Waals surface area contributed by atoms with Crippen molar-refractivity contribution in [2.75, 3.05) is 6.54 Å². The molecule has 0 saturated heterocycles. The van der Waals surface area contributed by atoms with Crippen LogP contribution in [0.15, 0.2) is 0 Å². The van der Waals surface area contributed by atoms with Gasteiger partial charge in [0.25, 0.3) is 5.91 Å². The van der Waals surface area contributed by atoms with Crippen molar-refractivity contribution >= 4 is 5.91 Å². The van der Waals surface area contributed by atoms with Gasteiger partial charge in [-0.25, -0.2) is 0 Å². The van der Waals surface area contributed by atoms with Crippen molar-refractivity contribution < 1.29 is 4.79 Å². The number of nitriles is 1. The van der Waals surface area contributed by atoms with E-state index in [2.05, 4.69) is 16.3 Å². The smallest absolute Gasteiger partial charge is 0.257 e. The molecule has 1 N–H and O–H groups in total. The van der Waals surface area contributed by atoms with Gasteiger partial charge in [0.05, 0.1) is 23.7 Å². The quantitative estimate of drug-likeness (QED) is 0.863. The highest BCUT2D eigenvalue weighted by Crippen LogP contribution is 2.14. The molecule has 5 nitrogen and oxygen atoms in total. The molecule has 0 aliphatic carbocycles. The lowest BCUT2D eigenvalue weighted by Crippen LogP contribution is -2.38. The Hall–Kier alpha value is -1.83. The first-order chi connectivity index (χ1) is 7.99. The third-order valence-corrected chi connectivity index (χ3v) is 2.69. The van der Waals surface area contributed by atoms with Crippen molar-refractivity contribution in [1.82, 2.24) is 15.1 Å². The van der Waals surface area contributed by atoms with Crippen LogP contribution in [0.3, 0.4) is 0 Å². The van der Waals surface area contributed by atoms with E-state index in [1.165, 1.54) is 0 Å². The minimum atomic E-state index is -0.0565. The highest BCUT2D eigenvalue weighted by atomic mass is 16.2. The van der Waals surface area contributed by atoms with Crippen molar-refractivity contribution in [3.05, 3.63) is 17.0 Å². The first-order valence-corrected chi connectivity index (χ1v) is 5.68. The van der Waals surface area contributed by atoms with Crippen LogP contribution in [0.4, 0.5) is 0 Å². The molecule has 0 aromatic carbocycles. The van der Waals surface area contributed by atoms with Crippen molar-refractivity contribution in [2.45, 2.75) is 40.2 Å². The Morgan fingerprint density at radius 2 is 2.18 bits per heavy atom. The molecule has 5 heteroatoms. The Balaban J connectivity index is 2.97. The number of nitrogens with one attached hydrogen (secondary N) is 1. The van der Waals surface area contributed by atoms with E-state index in [0.717, 1.165) is 5.69 Å². The maximum absolute atomic E-state index is 12.4. The maximum Gasteiger partial charge on any atom is 0.257 e. The molecule has 0 bridgehead atoms. The van der Waals surface area contributed by atoms with Gasteiger partial charge in [0, 0.05) is 18.3 Å². The first kappa shape index (κ1) is 13.2. The lowest BCUT2D eigenvalue weighted by molar-refractivity contribution is 0.0709. The molecule has 0 aliphatic rings. The van der Waals surface area contributed by atoms with Crippen molar-refractivity contribution in [3.8, 4) is 6.07 Å². The fourth-order valence-corrected chi connectivity index (χ4v) is 1.77. The van der Waals surface area contributed by atoms with E-state index < -0.39 is 0 Å². The highest BCUT2D eigenvalue weighted by Gasteiger charge is 2.23. The van der Waals surface area contributed by atoms with Gasteiger partial charge in [-0.15, -0.1) is 0 Å². The fourth-order valence-electron chi connectivity index (χ4n) is 1.77. The predicted molar refractivity (Wildman–Crippen MR) is 64.5 cm³/mol. The van der Waals surface area contributed by atoms with Gasteiger partial charge in [0.15, 0.2) is 0 Å². The van der Waals surface area contributed by atoms with Crippen LogP contribution in [-0.4, -0.2) is 33.6 Å². The molecule has 1 aromatic heterocycles. The molecular formula is C12H18N4O. The van der Waals surface area contributed by atoms with Crippen LogP contribution in [0.5, 0.6) is 0 Å². The van der Waals surface area contributed by atoms with Crippen LogP contribution in [-0.2, 0) is 0 Å². The number of carbonyl (C=O) groups is 1. The largest absolute Gasteiger partial charge is 0.335 e. The lowest BCUT2D eigenvalue weighted by Gasteiger charge is -2.25. The van der Waals surface area contributed by atoms with E-state index in [1.807, 2.05) is 20.8 Å². The van der Waals surface area contributed by atoms with Crippen LogP contribution in [0.1, 0.15) is 42.0 Å². The van der Waals surface area contributed by atoms with Crippen molar-refractivity contribution in [2.24, 2.45) is 0 Å². The first-order valence-electron chi connectivity index (χ1n) is 5.68. The molecule has 92 valence electrons. The van der Waals surface area contributed by atoms with Crippen LogP contribution in [0, 0.1) is 25.2 Å². The number of hydrogen-bond acceptors (Lipinski definition) is 3. The summed E-state index contributed by atoms with van der Waals surface area (Å²) in [6.07, 6.45) is 0.347. The van der Waals surface area contributed by atoms with Crippen LogP contribution < -0.4 is 0 Å². The van der Waals surface area contributed by atoms with Gasteiger partial charge < -0.3 is 4.90 Å². The number of aromatic nitrogens is 2. The van der Waals surface area contributed by atoms with E-state index in [4.69, 9.17) is 5.26 Å². The topological polar surface area (TPSA) is 72.8 Å². The Labute approximate surface area is 101 Å². The molecule has 0 atom stereocenters. The average molecular weight is 234 g/mol. The number of amides is 1. The summed E-state index contributed by atoms with van der Waals surface area (Å²) < 4.78 is 0. The number of hydrogen-bond donors (Lipinski definition) is 1. The number of carbonyl (C=O) groups excluding carboxylic acids is 1. The van der Waals surface area contributed by atoms with Gasteiger partial charge in [-0.3, -0.25) is 9.89 Å². The zero-order chi connectivity index (χ0) is 13.0. The van der Waals surface area contributed by atoms with Gasteiger partial charge in [0.1, 0.15) is 0 Å². The fraction of sp³-hybridized carbons (Fsp3) is 0.583. The van der Waals surface area contributed by atoms with E-state index in [1.54, 1.807) is 11.8 Å². The summed E-state index contributed by atoms with van der Waals surface area (Å²) in [6, 6.07) is 2.14. The summed E-state index contributed by atoms with van der Waals surface area (Å²) in [4.78, 5) is 14.1. The zero-order valence-electron chi connectivity index (χ0n) is 10.7. The monoisotopic (exact) mass is 234 g/mol. The van der Waals surface area contributed by atoms with E-state index in [0.29, 0.717) is 24.2 Å². The molecule has 0 saturated carbocycles. The number of aromatic amines is 1. The van der Waals surface area contributed by atoms with Gasteiger partial charge >= 0.3 is 0 Å². The molecule has 0 spiro atoms. The summed E-state index contributed by atoms with van der Waals surface area (Å²) in [6.45, 7) is 7.98. The number of H-pyrrole nitrogens is 1. The number of rotatable bonds is 4. The SMILES string of the molecule is Cc1n[nH]c(C)c1C(=O)N(CCC#N)C(C)C. The van der Waals surface area contributed by atoms with E-state index in [-0.39, 0.29) is 11.9 Å². The van der Waals surface area contributed by atoms with Crippen molar-refractivity contribution in [3.63, 3.8) is 0 Å². The minimum absolute atomic E-state index is 0.0565. The second-order valence-corrected chi connectivity index (χ2v) is 4.31. The maximum atomic E-state index is 12.4. The predicted octanol–water partition coefficient (Wildman–Crippen LogP) is 1.79. The molecule has 1 aromatic rings. The van der Waals surface area contributed by atoms with Crippen LogP contribution in [0.2, 0.25) is 0 Å². The molecule has 1 heterocycles. The lowest BCUT2D eigenvalue weighted by atomic mass is 10.1. The third-order valence-electron chi connectivity index (χ3n) is 2.69. The number of aryl methyl sites for hydroxylation is 2. The van der Waals surface area contributed by atoms with Crippen molar-refractivity contribution in [1.29, 1.82) is 5.26 Å². The minimum Gasteiger partial charge on any atom is -0.335 e. The van der Waals surface area contributed by atoms with Gasteiger partial charge in [-0.2, -0.15) is 10.4 Å². The summed E-state index contributed by atoms with van der Waals surface area (Å²) >= 11 is 0. The average Bonchev–Trinajstić information content (AvgIpc) is 2.58. The molecule has 0 radical (unpaired) electrons. The Morgan fingerprint density at radius 3 is 2.59 bits per heavy atom. The zero-order valence-corrected chi connectivity index (χ0v) is 10.7. The third kappa shape index (κ3) is 2.84. The molecule has 17 heavy (non-hydrogen) atoms. The van der Waals surface area contributed by atoms with Gasteiger partial charge in [-0.05, 0) is 27.7 Å². The Kier molecular flexibility index (Phi) is 4.27. The van der Waals surface area contributed by atoms with Crippen LogP contribution >= 0.6 is 0 Å². The highest BCUT2D eigenvalue weighted by molar-refractivity contribution is 5.96. The number of nitrogens with zero attached hydrogens (tertiary/aromatic N) is 3. The van der Waals surface area contributed by atoms with Gasteiger partial charge in [0.2, 0.25) is 0 Å². The molecule has 0 fully saturated rings. The second-order valence-electron chi connectivity index (χ2n) is 4.31. The standard InChI is InChI=1S/C12H18N4O/c1-8(2)16(7-5-6-13)12(17)11-9(3)14-15-10(11)4/h8H,5,7H2,1-4H3,(H,14,15). The summed E-state index contributed by atoms with van der Waals surface area (Å²) in [5.74, 6) is -0.0565. The molecule has 1 rings (SSSR count). The Bertz CT molecular complexity index is 422. The molecular weight excluding hydrogens is 216 g/mol. The summed E-state index contributed by atoms with van der Waals surface area (Å²) in [7, 11) is 0. The second kappa shape index (κ2) is 5.48. The summed E-state index contributed by atoms with van der Waals surface area (Å²) in [5.41, 5.74) is 2.10. The molecule has 1 amide bonds. The Morgan fingerprint density at radius 1 is 1.53 bits per heavy atom.